The molecule has 1 rings (SSSR count). The van der Waals surface area contributed by atoms with Crippen LogP contribution in [-0.4, -0.2) is 27.8 Å². The number of primary sulfonamides is 1. The average molecular weight is 535 g/mol. The number of nitro groups is 1. The molecule has 3 N–H and O–H groups in total. The quantitative estimate of drug-likeness (QED) is 0.254. The highest BCUT2D eigenvalue weighted by Gasteiger charge is 2.33. The van der Waals surface area contributed by atoms with Crippen molar-refractivity contribution in [2.75, 3.05) is 0 Å². The van der Waals surface area contributed by atoms with Crippen LogP contribution in [0.3, 0.4) is 0 Å². The lowest BCUT2D eigenvalue weighted by molar-refractivity contribution is -0.385. The summed E-state index contributed by atoms with van der Waals surface area (Å²) in [6, 6.07) is 4.56. The molecule has 0 aliphatic rings. The van der Waals surface area contributed by atoms with Gasteiger partial charge in [0, 0.05) is 12.1 Å². The van der Waals surface area contributed by atoms with Gasteiger partial charge in [0.2, 0.25) is 10.0 Å². The minimum Gasteiger partial charge on any atom is -0.283 e. The average Bonchev–Trinajstić information content (AvgIpc) is 2.26. The molecular formula is C7H7Br3N2O7S2. The van der Waals surface area contributed by atoms with E-state index in [0.29, 0.717) is 0 Å². The van der Waals surface area contributed by atoms with E-state index in [2.05, 4.69) is 47.8 Å². The molecule has 21 heavy (non-hydrogen) atoms. The monoisotopic (exact) mass is 532 g/mol. The van der Waals surface area contributed by atoms with Gasteiger partial charge in [0.15, 0.2) is 0 Å². The maximum absolute atomic E-state index is 10.8. The van der Waals surface area contributed by atoms with Crippen LogP contribution >= 0.6 is 47.8 Å². The molecule has 0 bridgehead atoms. The zero-order valence-electron chi connectivity index (χ0n) is 9.68. The van der Waals surface area contributed by atoms with Crippen molar-refractivity contribution in [1.29, 1.82) is 0 Å². The van der Waals surface area contributed by atoms with E-state index in [-0.39, 0.29) is 10.6 Å². The number of rotatable bonds is 2. The van der Waals surface area contributed by atoms with Gasteiger partial charge in [-0.15, -0.1) is 0 Å². The second-order valence-electron chi connectivity index (χ2n) is 3.22. The molecule has 9 nitrogen and oxygen atoms in total. The predicted octanol–water partition coefficient (Wildman–Crippen LogP) is 1.91. The van der Waals surface area contributed by atoms with Gasteiger partial charge in [0.1, 0.15) is 0 Å². The van der Waals surface area contributed by atoms with Gasteiger partial charge in [-0.3, -0.25) is 14.7 Å². The van der Waals surface area contributed by atoms with E-state index in [1.54, 1.807) is 0 Å². The molecule has 0 radical (unpaired) electrons. The third kappa shape index (κ3) is 7.62. The fourth-order valence-electron chi connectivity index (χ4n) is 0.774. The lowest BCUT2D eigenvalue weighted by atomic mass is 10.3. The Morgan fingerprint density at radius 1 is 1.19 bits per heavy atom. The summed E-state index contributed by atoms with van der Waals surface area (Å²) in [5.74, 6) is 0. The summed E-state index contributed by atoms with van der Waals surface area (Å²) >= 11 is 7.78. The van der Waals surface area contributed by atoms with Crippen molar-refractivity contribution in [3.8, 4) is 0 Å². The molecule has 1 aromatic carbocycles. The van der Waals surface area contributed by atoms with E-state index < -0.39 is 26.5 Å². The molecule has 0 aliphatic heterocycles. The van der Waals surface area contributed by atoms with Gasteiger partial charge >= 0.3 is 10.1 Å². The Morgan fingerprint density at radius 2 is 1.62 bits per heavy atom. The minimum absolute atomic E-state index is 0.262. The molecule has 0 saturated carbocycles. The van der Waals surface area contributed by atoms with E-state index in [9.17, 15) is 26.9 Å². The fraction of sp³-hybridized carbons (Fsp3) is 0.143. The topological polar surface area (TPSA) is 158 Å². The van der Waals surface area contributed by atoms with Crippen molar-refractivity contribution in [2.45, 2.75) is 6.37 Å². The molecule has 0 amide bonds. The number of non-ortho nitro benzene ring substituents is 1. The molecule has 0 saturated heterocycles. The molecule has 0 aromatic heterocycles. The second-order valence-corrected chi connectivity index (χ2v) is 14.7. The van der Waals surface area contributed by atoms with Crippen LogP contribution in [0, 0.1) is 10.1 Å². The zero-order valence-corrected chi connectivity index (χ0v) is 16.1. The summed E-state index contributed by atoms with van der Waals surface area (Å²) in [5, 5.41) is 15.0. The van der Waals surface area contributed by atoms with E-state index in [0.717, 1.165) is 6.07 Å². The number of alkyl halides is 3. The van der Waals surface area contributed by atoms with Gasteiger partial charge in [-0.05, 0) is 53.9 Å². The molecule has 0 aliphatic carbocycles. The first-order valence-electron chi connectivity index (χ1n) is 4.47. The van der Waals surface area contributed by atoms with Gasteiger partial charge in [-0.2, -0.15) is 8.42 Å². The smallest absolute Gasteiger partial charge is 0.283 e. The van der Waals surface area contributed by atoms with E-state index in [4.69, 9.17) is 9.69 Å². The Morgan fingerprint density at radius 3 is 1.90 bits per heavy atom. The van der Waals surface area contributed by atoms with E-state index in [1.165, 1.54) is 18.2 Å². The first kappa shape index (κ1) is 20.9. The SMILES string of the molecule is NS(=O)(=O)c1cccc([N+](=O)[O-])c1.O=S(=O)(O)C(Br)(Br)Br. The number of nitrogens with two attached hydrogens (primary N) is 1. The lowest BCUT2D eigenvalue weighted by Crippen LogP contribution is -2.15. The van der Waals surface area contributed by atoms with Gasteiger partial charge < -0.3 is 0 Å². The Hall–Kier alpha value is -0.120. The molecule has 0 heterocycles. The molecule has 1 aromatic rings. The Balaban J connectivity index is 0.000000433. The van der Waals surface area contributed by atoms with Crippen LogP contribution in [0.15, 0.2) is 29.2 Å². The maximum atomic E-state index is 10.8. The molecular weight excluding hydrogens is 528 g/mol. The number of halogens is 3. The second kappa shape index (κ2) is 7.43. The number of nitro benzene ring substituents is 1. The molecule has 0 fully saturated rings. The Labute approximate surface area is 145 Å². The third-order valence-electron chi connectivity index (χ3n) is 1.65. The zero-order chi connectivity index (χ0) is 17.1. The van der Waals surface area contributed by atoms with Gasteiger partial charge in [0.05, 0.1) is 9.82 Å². The Bertz CT molecular complexity index is 727. The number of nitrogens with zero attached hydrogens (tertiary/aromatic N) is 1. The normalized spacial score (nSPS) is 12.2. The summed E-state index contributed by atoms with van der Waals surface area (Å²) in [5.41, 5.74) is -0.300. The molecule has 0 unspecified atom stereocenters. The van der Waals surface area contributed by atoms with Crippen LogP contribution in [0.5, 0.6) is 0 Å². The van der Waals surface area contributed by atoms with Crippen molar-refractivity contribution in [1.82, 2.24) is 0 Å². The largest absolute Gasteiger partial charge is 0.301 e. The highest BCUT2D eigenvalue weighted by molar-refractivity contribution is 9.42. The number of benzene rings is 1. The van der Waals surface area contributed by atoms with Gasteiger partial charge in [0.25, 0.3) is 7.16 Å². The molecule has 14 heteroatoms. The maximum Gasteiger partial charge on any atom is 0.301 e. The summed E-state index contributed by atoms with van der Waals surface area (Å²) < 4.78 is 48.2. The summed E-state index contributed by atoms with van der Waals surface area (Å²) in [6.45, 7) is 0. The van der Waals surface area contributed by atoms with E-state index in [1.807, 2.05) is 0 Å². The standard InChI is InChI=1S/C6H6N2O4S.CHBr3O3S/c7-13(11,12)6-3-1-2-5(4-6)8(9)10;2-1(3,4)8(5,6)7/h1-4H,(H2,7,11,12);(H,5,6,7). The van der Waals surface area contributed by atoms with Crippen LogP contribution < -0.4 is 5.14 Å². The number of hydrogen-bond donors (Lipinski definition) is 2. The van der Waals surface area contributed by atoms with Crippen LogP contribution in [0.25, 0.3) is 0 Å². The summed E-state index contributed by atoms with van der Waals surface area (Å²) in [4.78, 5) is 9.30. The van der Waals surface area contributed by atoms with Crippen molar-refractivity contribution < 1.29 is 26.3 Å². The van der Waals surface area contributed by atoms with E-state index >= 15 is 0 Å². The van der Waals surface area contributed by atoms with Crippen LogP contribution in [0.2, 0.25) is 0 Å². The summed E-state index contributed by atoms with van der Waals surface area (Å²) in [6.07, 6.45) is 0. The lowest BCUT2D eigenvalue weighted by Gasteiger charge is -2.04. The van der Waals surface area contributed by atoms with Crippen molar-refractivity contribution in [2.24, 2.45) is 5.14 Å². The fourth-order valence-corrected chi connectivity index (χ4v) is 1.33. The minimum atomic E-state index is -4.09. The van der Waals surface area contributed by atoms with Gasteiger partial charge in [-0.1, -0.05) is 6.07 Å². The molecule has 0 atom stereocenters. The highest BCUT2D eigenvalue weighted by atomic mass is 80.0. The molecule has 0 spiro atoms. The van der Waals surface area contributed by atoms with Crippen LogP contribution in [0.4, 0.5) is 5.69 Å². The first-order chi connectivity index (χ1) is 9.16. The van der Waals surface area contributed by atoms with Crippen molar-refractivity contribution in [3.05, 3.63) is 34.4 Å². The Kier molecular flexibility index (Phi) is 7.39. The van der Waals surface area contributed by atoms with Gasteiger partial charge in [-0.25, -0.2) is 13.6 Å². The van der Waals surface area contributed by atoms with Crippen LogP contribution in [-0.2, 0) is 20.1 Å². The number of hydrogen-bond acceptors (Lipinski definition) is 6. The van der Waals surface area contributed by atoms with Crippen molar-refractivity contribution >= 4 is 73.6 Å². The summed E-state index contributed by atoms with van der Waals surface area (Å²) in [7, 11) is -7.95. The highest BCUT2D eigenvalue weighted by Crippen LogP contribution is 2.38. The predicted molar refractivity (Wildman–Crippen MR) is 85.5 cm³/mol. The number of sulfonamides is 1. The molecule has 120 valence electrons. The first-order valence-corrected chi connectivity index (χ1v) is 9.84. The third-order valence-corrected chi connectivity index (χ3v) is 6.83. The van der Waals surface area contributed by atoms with Crippen molar-refractivity contribution in [3.63, 3.8) is 0 Å². The van der Waals surface area contributed by atoms with Crippen LogP contribution in [0.1, 0.15) is 0 Å².